The van der Waals surface area contributed by atoms with Gasteiger partial charge in [-0.05, 0) is 43.1 Å². The molecule has 0 saturated heterocycles. The maximum absolute atomic E-state index is 12.0. The Kier molecular flexibility index (Phi) is 8.93. The lowest BCUT2D eigenvalue weighted by atomic mass is 9.82. The number of benzene rings is 1. The average Bonchev–Trinajstić information content (AvgIpc) is 2.60. The molecule has 1 saturated carbocycles. The third-order valence-electron chi connectivity index (χ3n) is 4.81. The van der Waals surface area contributed by atoms with Crippen molar-refractivity contribution in [3.63, 3.8) is 0 Å². The molecule has 0 aromatic heterocycles. The molecule has 0 aliphatic heterocycles. The number of hydrogen-bond donors (Lipinski definition) is 3. The lowest BCUT2D eigenvalue weighted by Gasteiger charge is -2.29. The molecule has 0 unspecified atom stereocenters. The Morgan fingerprint density at radius 2 is 1.72 bits per heavy atom. The van der Waals surface area contributed by atoms with E-state index < -0.39 is 6.04 Å². The normalized spacial score (nSPS) is 21.1. The number of carbonyl (C=O) groups excluding carboxylic acids is 2. The summed E-state index contributed by atoms with van der Waals surface area (Å²) < 4.78 is 0. The van der Waals surface area contributed by atoms with Gasteiger partial charge in [0, 0.05) is 6.04 Å². The van der Waals surface area contributed by atoms with Crippen LogP contribution >= 0.6 is 12.4 Å². The van der Waals surface area contributed by atoms with Crippen LogP contribution in [0.5, 0.6) is 0 Å². The fourth-order valence-corrected chi connectivity index (χ4v) is 3.16. The van der Waals surface area contributed by atoms with Crippen LogP contribution in [0.2, 0.25) is 0 Å². The number of halogens is 1. The van der Waals surface area contributed by atoms with Crippen molar-refractivity contribution in [2.24, 2.45) is 11.7 Å². The molecular weight excluding hydrogens is 338 g/mol. The van der Waals surface area contributed by atoms with Crippen molar-refractivity contribution in [3.8, 4) is 0 Å². The quantitative estimate of drug-likeness (QED) is 0.721. The van der Waals surface area contributed by atoms with E-state index in [1.165, 1.54) is 5.56 Å². The minimum absolute atomic E-state index is 0. The van der Waals surface area contributed by atoms with Crippen molar-refractivity contribution in [1.29, 1.82) is 0 Å². The highest BCUT2D eigenvalue weighted by Crippen LogP contribution is 2.32. The van der Waals surface area contributed by atoms with Crippen LogP contribution < -0.4 is 16.4 Å². The van der Waals surface area contributed by atoms with E-state index in [4.69, 9.17) is 5.73 Å². The standard InChI is InChI=1S/C19H29N3O2.ClH/c1-13(2)18(20)19(24)21-12-17(23)22-16-10-8-15(9-11-16)14-6-4-3-5-7-14;/h3-7,13,15-16,18H,8-12,20H2,1-2H3,(H,21,24)(H,22,23);1H/t15?,16?,18-;/m0./s1. The highest BCUT2D eigenvalue weighted by atomic mass is 35.5. The molecule has 1 aromatic carbocycles. The maximum Gasteiger partial charge on any atom is 0.239 e. The van der Waals surface area contributed by atoms with Gasteiger partial charge in [0.25, 0.3) is 0 Å². The first-order chi connectivity index (χ1) is 11.5. The summed E-state index contributed by atoms with van der Waals surface area (Å²) in [6.45, 7) is 3.77. The molecular formula is C19H30ClN3O2. The SMILES string of the molecule is CC(C)[C@H](N)C(=O)NCC(=O)NC1CCC(c2ccccc2)CC1.Cl. The van der Waals surface area contributed by atoms with E-state index in [1.807, 2.05) is 19.9 Å². The van der Waals surface area contributed by atoms with Crippen molar-refractivity contribution in [1.82, 2.24) is 10.6 Å². The van der Waals surface area contributed by atoms with Crippen LogP contribution in [-0.2, 0) is 9.59 Å². The molecule has 5 nitrogen and oxygen atoms in total. The Morgan fingerprint density at radius 1 is 1.12 bits per heavy atom. The van der Waals surface area contributed by atoms with E-state index in [1.54, 1.807) is 0 Å². The van der Waals surface area contributed by atoms with Gasteiger partial charge in [-0.3, -0.25) is 9.59 Å². The fraction of sp³-hybridized carbons (Fsp3) is 0.579. The van der Waals surface area contributed by atoms with Crippen LogP contribution in [0.1, 0.15) is 51.0 Å². The molecule has 1 fully saturated rings. The summed E-state index contributed by atoms with van der Waals surface area (Å²) in [4.78, 5) is 23.8. The Hall–Kier alpha value is -1.59. The second kappa shape index (κ2) is 10.4. The first-order valence-corrected chi connectivity index (χ1v) is 8.85. The van der Waals surface area contributed by atoms with Crippen LogP contribution in [0.3, 0.4) is 0 Å². The summed E-state index contributed by atoms with van der Waals surface area (Å²) in [5, 5.41) is 5.63. The maximum atomic E-state index is 12.0. The monoisotopic (exact) mass is 367 g/mol. The van der Waals surface area contributed by atoms with Crippen molar-refractivity contribution in [3.05, 3.63) is 35.9 Å². The molecule has 1 aliphatic carbocycles. The summed E-state index contributed by atoms with van der Waals surface area (Å²) in [7, 11) is 0. The number of carbonyl (C=O) groups is 2. The van der Waals surface area contributed by atoms with Crippen LogP contribution in [0.4, 0.5) is 0 Å². The Bertz CT molecular complexity index is 543. The molecule has 0 bridgehead atoms. The van der Waals surface area contributed by atoms with Crippen LogP contribution in [0, 0.1) is 5.92 Å². The van der Waals surface area contributed by atoms with E-state index >= 15 is 0 Å². The van der Waals surface area contributed by atoms with Crippen molar-refractivity contribution < 1.29 is 9.59 Å². The number of hydrogen-bond acceptors (Lipinski definition) is 3. The first-order valence-electron chi connectivity index (χ1n) is 8.85. The van der Waals surface area contributed by atoms with E-state index in [0.29, 0.717) is 5.92 Å². The topological polar surface area (TPSA) is 84.2 Å². The van der Waals surface area contributed by atoms with Gasteiger partial charge in [0.1, 0.15) is 0 Å². The van der Waals surface area contributed by atoms with Crippen molar-refractivity contribution in [2.45, 2.75) is 57.5 Å². The van der Waals surface area contributed by atoms with Gasteiger partial charge >= 0.3 is 0 Å². The van der Waals surface area contributed by atoms with E-state index in [9.17, 15) is 9.59 Å². The van der Waals surface area contributed by atoms with E-state index in [-0.39, 0.29) is 42.7 Å². The first kappa shape index (κ1) is 21.5. The van der Waals surface area contributed by atoms with Crippen LogP contribution in [0.15, 0.2) is 30.3 Å². The predicted molar refractivity (Wildman–Crippen MR) is 103 cm³/mol. The third kappa shape index (κ3) is 6.67. The molecule has 4 N–H and O–H groups in total. The second-order valence-corrected chi connectivity index (χ2v) is 7.01. The molecule has 1 atom stereocenters. The number of nitrogens with two attached hydrogens (primary N) is 1. The molecule has 0 radical (unpaired) electrons. The zero-order valence-electron chi connectivity index (χ0n) is 15.0. The van der Waals surface area contributed by atoms with Crippen molar-refractivity contribution >= 4 is 24.2 Å². The number of nitrogens with one attached hydrogen (secondary N) is 2. The van der Waals surface area contributed by atoms with Gasteiger partial charge in [-0.15, -0.1) is 12.4 Å². The van der Waals surface area contributed by atoms with E-state index in [2.05, 4.69) is 34.9 Å². The lowest BCUT2D eigenvalue weighted by molar-refractivity contribution is -0.127. The van der Waals surface area contributed by atoms with Gasteiger partial charge in [-0.25, -0.2) is 0 Å². The fourth-order valence-electron chi connectivity index (χ4n) is 3.16. The summed E-state index contributed by atoms with van der Waals surface area (Å²) in [5.74, 6) is 0.236. The van der Waals surface area contributed by atoms with Gasteiger partial charge in [0.2, 0.25) is 11.8 Å². The summed E-state index contributed by atoms with van der Waals surface area (Å²) in [6.07, 6.45) is 4.12. The minimum Gasteiger partial charge on any atom is -0.352 e. The molecule has 0 heterocycles. The molecule has 2 rings (SSSR count). The molecule has 2 amide bonds. The highest BCUT2D eigenvalue weighted by molar-refractivity contribution is 5.87. The summed E-state index contributed by atoms with van der Waals surface area (Å²) in [6, 6.07) is 10.2. The van der Waals surface area contributed by atoms with E-state index in [0.717, 1.165) is 25.7 Å². The molecule has 6 heteroatoms. The molecule has 1 aromatic rings. The Balaban J connectivity index is 0.00000312. The lowest BCUT2D eigenvalue weighted by Crippen LogP contribution is -2.48. The smallest absolute Gasteiger partial charge is 0.239 e. The van der Waals surface area contributed by atoms with Gasteiger partial charge in [0.05, 0.1) is 12.6 Å². The zero-order valence-corrected chi connectivity index (χ0v) is 15.9. The van der Waals surface area contributed by atoms with Crippen LogP contribution in [0.25, 0.3) is 0 Å². The summed E-state index contributed by atoms with van der Waals surface area (Å²) in [5.41, 5.74) is 7.14. The molecule has 1 aliphatic rings. The third-order valence-corrected chi connectivity index (χ3v) is 4.81. The zero-order chi connectivity index (χ0) is 17.5. The van der Waals surface area contributed by atoms with Gasteiger partial charge in [0.15, 0.2) is 0 Å². The average molecular weight is 368 g/mol. The number of amides is 2. The Morgan fingerprint density at radius 3 is 2.28 bits per heavy atom. The Labute approximate surface area is 156 Å². The van der Waals surface area contributed by atoms with Gasteiger partial charge in [-0.1, -0.05) is 44.2 Å². The minimum atomic E-state index is -0.570. The van der Waals surface area contributed by atoms with Gasteiger partial charge < -0.3 is 16.4 Å². The summed E-state index contributed by atoms with van der Waals surface area (Å²) >= 11 is 0. The number of rotatable bonds is 6. The highest BCUT2D eigenvalue weighted by Gasteiger charge is 2.24. The molecule has 0 spiro atoms. The second-order valence-electron chi connectivity index (χ2n) is 7.01. The predicted octanol–water partition coefficient (Wildman–Crippen LogP) is 2.35. The molecule has 25 heavy (non-hydrogen) atoms. The van der Waals surface area contributed by atoms with Crippen molar-refractivity contribution in [2.75, 3.05) is 6.54 Å². The van der Waals surface area contributed by atoms with Gasteiger partial charge in [-0.2, -0.15) is 0 Å². The molecule has 140 valence electrons. The van der Waals surface area contributed by atoms with Crippen LogP contribution in [-0.4, -0.2) is 30.4 Å². The largest absolute Gasteiger partial charge is 0.352 e.